The van der Waals surface area contributed by atoms with E-state index in [1.807, 2.05) is 45.1 Å². The van der Waals surface area contributed by atoms with Crippen molar-refractivity contribution in [3.05, 3.63) is 86.5 Å². The smallest absolute Gasteiger partial charge is 0.168 e. The molecule has 0 saturated carbocycles. The van der Waals surface area contributed by atoms with Crippen LogP contribution in [0.2, 0.25) is 0 Å². The van der Waals surface area contributed by atoms with E-state index in [-0.39, 0.29) is 5.78 Å². The van der Waals surface area contributed by atoms with Gasteiger partial charge in [0.05, 0.1) is 23.9 Å². The van der Waals surface area contributed by atoms with Crippen LogP contribution in [0.15, 0.2) is 74.8 Å². The van der Waals surface area contributed by atoms with E-state index in [9.17, 15) is 10.1 Å². The molecule has 0 bridgehead atoms. The number of benzene rings is 1. The van der Waals surface area contributed by atoms with Crippen LogP contribution in [0.5, 0.6) is 0 Å². The molecule has 0 aromatic heterocycles. The average Bonchev–Trinajstić information content (AvgIpc) is 3.07. The van der Waals surface area contributed by atoms with Crippen LogP contribution in [-0.4, -0.2) is 24.8 Å². The van der Waals surface area contributed by atoms with Crippen LogP contribution in [-0.2, 0) is 9.53 Å². The lowest BCUT2D eigenvalue weighted by Gasteiger charge is -2.27. The number of aryl methyl sites for hydroxylation is 1. The van der Waals surface area contributed by atoms with Gasteiger partial charge in [-0.25, -0.2) is 0 Å². The van der Waals surface area contributed by atoms with Gasteiger partial charge >= 0.3 is 0 Å². The molecule has 2 aliphatic rings. The van der Waals surface area contributed by atoms with Gasteiger partial charge in [0, 0.05) is 29.7 Å². The number of hydrogen-bond acceptors (Lipinski definition) is 5. The highest BCUT2D eigenvalue weighted by atomic mass is 16.5. The average molecular weight is 454 g/mol. The maximum Gasteiger partial charge on any atom is 0.168 e. The number of nitrogens with one attached hydrogen (secondary N) is 1. The zero-order valence-electron chi connectivity index (χ0n) is 20.4. The molecular weight excluding hydrogens is 422 g/mol. The minimum atomic E-state index is -0.410. The fourth-order valence-electron chi connectivity index (χ4n) is 4.35. The van der Waals surface area contributed by atoms with Crippen LogP contribution in [0.1, 0.15) is 69.1 Å². The fraction of sp³-hybridized carbons (Fsp3) is 0.345. The molecular formula is C29H31N3O2. The fourth-order valence-corrected chi connectivity index (χ4v) is 4.35. The lowest BCUT2D eigenvalue weighted by Crippen LogP contribution is -2.19. The standard InChI is InChI=1S/C29H31N3O2/c1-5-15-34-25-11-8-9-19(2)29-28(25)27(23-13-12-22(17-31)16-20(23)3)26(21(4)18-32-29)24(33)10-6-7-14-30/h8-9,12-14,16,18,27,30H,5-7,10,15H2,1-4H3/t27-/m1/s1. The molecule has 0 amide bonds. The predicted octanol–water partition coefficient (Wildman–Crippen LogP) is 6.42. The van der Waals surface area contributed by atoms with Crippen LogP contribution in [0.3, 0.4) is 0 Å². The maximum absolute atomic E-state index is 13.7. The number of Topliss-reactive ketones (excluding diaryl/α,β-unsaturated/α-hetero) is 1. The topological polar surface area (TPSA) is 86.3 Å². The van der Waals surface area contributed by atoms with Crippen LogP contribution >= 0.6 is 0 Å². The highest BCUT2D eigenvalue weighted by molar-refractivity contribution is 6.04. The Morgan fingerprint density at radius 1 is 1.32 bits per heavy atom. The third-order valence-corrected chi connectivity index (χ3v) is 6.02. The Morgan fingerprint density at radius 2 is 2.12 bits per heavy atom. The first-order valence-electron chi connectivity index (χ1n) is 11.7. The van der Waals surface area contributed by atoms with Crippen molar-refractivity contribution in [1.29, 1.82) is 10.7 Å². The van der Waals surface area contributed by atoms with Crippen molar-refractivity contribution in [2.75, 3.05) is 6.61 Å². The lowest BCUT2D eigenvalue weighted by atomic mass is 9.76. The monoisotopic (exact) mass is 453 g/mol. The molecule has 1 aromatic carbocycles. The summed E-state index contributed by atoms with van der Waals surface area (Å²) in [4.78, 5) is 18.5. The molecule has 34 heavy (non-hydrogen) atoms. The van der Waals surface area contributed by atoms with Gasteiger partial charge in [-0.3, -0.25) is 9.79 Å². The van der Waals surface area contributed by atoms with Crippen LogP contribution < -0.4 is 0 Å². The van der Waals surface area contributed by atoms with Gasteiger partial charge in [0.1, 0.15) is 0 Å². The van der Waals surface area contributed by atoms with Gasteiger partial charge < -0.3 is 10.1 Å². The Bertz CT molecular complexity index is 1230. The largest absolute Gasteiger partial charge is 0.486 e. The van der Waals surface area contributed by atoms with Crippen molar-refractivity contribution in [1.82, 2.24) is 0 Å². The summed E-state index contributed by atoms with van der Waals surface area (Å²) in [5.41, 5.74) is 9.81. The summed E-state index contributed by atoms with van der Waals surface area (Å²) in [7, 11) is 0. The molecule has 3 rings (SSSR count). The third-order valence-electron chi connectivity index (χ3n) is 6.02. The Kier molecular flexibility index (Phi) is 8.35. The summed E-state index contributed by atoms with van der Waals surface area (Å²) in [6.07, 6.45) is 9.30. The highest BCUT2D eigenvalue weighted by Crippen LogP contribution is 2.45. The number of carbonyl (C=O) groups is 1. The highest BCUT2D eigenvalue weighted by Gasteiger charge is 2.35. The summed E-state index contributed by atoms with van der Waals surface area (Å²) in [5.74, 6) is 0.222. The molecule has 1 aromatic rings. The van der Waals surface area contributed by atoms with Crippen molar-refractivity contribution < 1.29 is 9.53 Å². The van der Waals surface area contributed by atoms with Gasteiger partial charge in [-0.1, -0.05) is 18.7 Å². The molecule has 174 valence electrons. The Hall–Kier alpha value is -3.74. The van der Waals surface area contributed by atoms with E-state index in [4.69, 9.17) is 15.1 Å². The second-order valence-corrected chi connectivity index (χ2v) is 8.59. The summed E-state index contributed by atoms with van der Waals surface area (Å²) in [6.45, 7) is 8.48. The summed E-state index contributed by atoms with van der Waals surface area (Å²) in [5, 5.41) is 16.7. The van der Waals surface area contributed by atoms with Crippen molar-refractivity contribution in [3.8, 4) is 6.07 Å². The summed E-state index contributed by atoms with van der Waals surface area (Å²) < 4.78 is 6.18. The SMILES string of the molecule is CCCOC1=C=CC=C(C)C2=C1[C@H](c1ccc(C#N)cc1C)C(C(=O)CCCC=N)=C(C)C=N2. The molecule has 1 N–H and O–H groups in total. The van der Waals surface area contributed by atoms with Crippen molar-refractivity contribution >= 4 is 18.2 Å². The second-order valence-electron chi connectivity index (χ2n) is 8.59. The molecule has 0 radical (unpaired) electrons. The van der Waals surface area contributed by atoms with Gasteiger partial charge in [-0.05, 0) is 92.8 Å². The van der Waals surface area contributed by atoms with Crippen molar-refractivity contribution in [2.24, 2.45) is 4.99 Å². The van der Waals surface area contributed by atoms with E-state index < -0.39 is 5.92 Å². The number of allylic oxidation sites excluding steroid dienone is 5. The number of unbranched alkanes of at least 4 members (excludes halogenated alkanes) is 1. The molecule has 0 fully saturated rings. The number of ether oxygens (including phenoxy) is 1. The number of rotatable bonds is 9. The number of aliphatic imine (C=N–C) groups is 1. The zero-order chi connectivity index (χ0) is 24.7. The maximum atomic E-state index is 13.7. The number of nitrogens with zero attached hydrogens (tertiary/aromatic N) is 2. The quantitative estimate of drug-likeness (QED) is 0.266. The molecule has 0 saturated heterocycles. The first-order valence-corrected chi connectivity index (χ1v) is 11.7. The number of hydrogen-bond donors (Lipinski definition) is 1. The zero-order valence-corrected chi connectivity index (χ0v) is 20.4. The lowest BCUT2D eigenvalue weighted by molar-refractivity contribution is -0.115. The Morgan fingerprint density at radius 3 is 2.79 bits per heavy atom. The van der Waals surface area contributed by atoms with Crippen LogP contribution in [0.25, 0.3) is 0 Å². The van der Waals surface area contributed by atoms with Gasteiger partial charge in [0.25, 0.3) is 0 Å². The van der Waals surface area contributed by atoms with Gasteiger partial charge in [0.2, 0.25) is 0 Å². The van der Waals surface area contributed by atoms with E-state index in [1.54, 1.807) is 12.3 Å². The van der Waals surface area contributed by atoms with Gasteiger partial charge in [0.15, 0.2) is 11.5 Å². The predicted molar refractivity (Wildman–Crippen MR) is 136 cm³/mol. The minimum absolute atomic E-state index is 0.0398. The van der Waals surface area contributed by atoms with Gasteiger partial charge in [-0.15, -0.1) is 0 Å². The van der Waals surface area contributed by atoms with Crippen molar-refractivity contribution in [2.45, 2.75) is 59.3 Å². The molecule has 0 spiro atoms. The van der Waals surface area contributed by atoms with E-state index in [0.29, 0.717) is 42.8 Å². The van der Waals surface area contributed by atoms with E-state index in [1.165, 1.54) is 6.21 Å². The van der Waals surface area contributed by atoms with E-state index in [0.717, 1.165) is 40.0 Å². The second kappa shape index (κ2) is 11.4. The molecule has 0 unspecified atom stereocenters. The number of nitriles is 1. The van der Waals surface area contributed by atoms with E-state index >= 15 is 0 Å². The molecule has 1 heterocycles. The third kappa shape index (κ3) is 5.25. The van der Waals surface area contributed by atoms with Crippen LogP contribution in [0.4, 0.5) is 0 Å². The minimum Gasteiger partial charge on any atom is -0.486 e. The molecule has 5 heteroatoms. The molecule has 5 nitrogen and oxygen atoms in total. The molecule has 1 atom stereocenters. The normalized spacial score (nSPS) is 17.3. The van der Waals surface area contributed by atoms with Crippen molar-refractivity contribution in [3.63, 3.8) is 0 Å². The summed E-state index contributed by atoms with van der Waals surface area (Å²) in [6, 6.07) is 7.80. The van der Waals surface area contributed by atoms with E-state index in [2.05, 4.69) is 18.7 Å². The number of ketones is 1. The molecule has 1 aliphatic carbocycles. The molecule has 1 aliphatic heterocycles. The summed E-state index contributed by atoms with van der Waals surface area (Å²) >= 11 is 0. The first kappa shape index (κ1) is 24.9. The Balaban J connectivity index is 2.30. The Labute approximate surface area is 202 Å². The van der Waals surface area contributed by atoms with Crippen LogP contribution in [0, 0.1) is 23.7 Å². The number of carbonyl (C=O) groups excluding carboxylic acids is 1. The first-order chi connectivity index (χ1) is 16.4. The van der Waals surface area contributed by atoms with Gasteiger partial charge in [-0.2, -0.15) is 5.26 Å².